The quantitative estimate of drug-likeness (QED) is 0.710. The fraction of sp³-hybridized carbons (Fsp3) is 0.364. The van der Waals surface area contributed by atoms with Gasteiger partial charge in [0.25, 0.3) is 0 Å². The molecule has 14 heavy (non-hydrogen) atoms. The molecule has 0 bridgehead atoms. The van der Waals surface area contributed by atoms with Crippen molar-refractivity contribution in [1.82, 2.24) is 10.2 Å². The zero-order valence-corrected chi connectivity index (χ0v) is 8.23. The summed E-state index contributed by atoms with van der Waals surface area (Å²) in [6, 6.07) is 10.3. The fourth-order valence-electron chi connectivity index (χ4n) is 1.77. The van der Waals surface area contributed by atoms with E-state index in [2.05, 4.69) is 17.4 Å². The maximum atomic E-state index is 11.4. The van der Waals surface area contributed by atoms with E-state index in [1.807, 2.05) is 30.1 Å². The van der Waals surface area contributed by atoms with E-state index in [0.29, 0.717) is 6.54 Å². The average molecular weight is 190 g/mol. The molecule has 0 unspecified atom stereocenters. The third kappa shape index (κ3) is 1.63. The van der Waals surface area contributed by atoms with Gasteiger partial charge in [0, 0.05) is 13.6 Å². The zero-order chi connectivity index (χ0) is 9.97. The van der Waals surface area contributed by atoms with Crippen molar-refractivity contribution in [2.75, 3.05) is 20.1 Å². The van der Waals surface area contributed by atoms with E-state index in [1.54, 1.807) is 0 Å². The molecule has 1 fully saturated rings. The molecular formula is C11H14N2O. The first-order valence-corrected chi connectivity index (χ1v) is 4.80. The minimum absolute atomic E-state index is 0.158. The Morgan fingerprint density at radius 3 is 2.79 bits per heavy atom. The lowest BCUT2D eigenvalue weighted by Crippen LogP contribution is -2.47. The van der Waals surface area contributed by atoms with E-state index < -0.39 is 0 Å². The third-order valence-electron chi connectivity index (χ3n) is 2.66. The number of rotatable bonds is 1. The van der Waals surface area contributed by atoms with Gasteiger partial charge >= 0.3 is 0 Å². The molecule has 3 heteroatoms. The summed E-state index contributed by atoms with van der Waals surface area (Å²) in [5.74, 6) is 0.158. The van der Waals surface area contributed by atoms with Crippen molar-refractivity contribution in [3.63, 3.8) is 0 Å². The number of hydrogen-bond donors (Lipinski definition) is 1. The van der Waals surface area contributed by atoms with Gasteiger partial charge in [-0.1, -0.05) is 30.3 Å². The summed E-state index contributed by atoms with van der Waals surface area (Å²) < 4.78 is 0. The molecule has 1 aliphatic heterocycles. The standard InChI is InChI=1S/C11H14N2O/c1-13-10(7-12-8-11(13)14)9-5-3-2-4-6-9/h2-6,10,12H,7-8H2,1H3/t10-/m1/s1. The van der Waals surface area contributed by atoms with E-state index in [4.69, 9.17) is 0 Å². The van der Waals surface area contributed by atoms with Gasteiger partial charge in [-0.05, 0) is 5.56 Å². The largest absolute Gasteiger partial charge is 0.336 e. The van der Waals surface area contributed by atoms with E-state index in [1.165, 1.54) is 5.56 Å². The summed E-state index contributed by atoms with van der Waals surface area (Å²) in [6.07, 6.45) is 0. The number of nitrogens with one attached hydrogen (secondary N) is 1. The van der Waals surface area contributed by atoms with Crippen molar-refractivity contribution in [3.8, 4) is 0 Å². The van der Waals surface area contributed by atoms with Gasteiger partial charge < -0.3 is 10.2 Å². The molecule has 0 aromatic heterocycles. The highest BCUT2D eigenvalue weighted by molar-refractivity contribution is 5.79. The highest BCUT2D eigenvalue weighted by Crippen LogP contribution is 2.20. The molecular weight excluding hydrogens is 176 g/mol. The van der Waals surface area contributed by atoms with Crippen LogP contribution in [-0.2, 0) is 4.79 Å². The maximum Gasteiger partial charge on any atom is 0.236 e. The Morgan fingerprint density at radius 2 is 2.07 bits per heavy atom. The van der Waals surface area contributed by atoms with Gasteiger partial charge in [-0.25, -0.2) is 0 Å². The van der Waals surface area contributed by atoms with Gasteiger partial charge in [0.2, 0.25) is 5.91 Å². The van der Waals surface area contributed by atoms with Crippen molar-refractivity contribution in [1.29, 1.82) is 0 Å². The van der Waals surface area contributed by atoms with E-state index in [9.17, 15) is 4.79 Å². The van der Waals surface area contributed by atoms with Gasteiger partial charge in [-0.3, -0.25) is 4.79 Å². The molecule has 0 aliphatic carbocycles. The van der Waals surface area contributed by atoms with Crippen molar-refractivity contribution >= 4 is 5.91 Å². The van der Waals surface area contributed by atoms with Crippen LogP contribution in [0.1, 0.15) is 11.6 Å². The van der Waals surface area contributed by atoms with E-state index >= 15 is 0 Å². The molecule has 1 atom stereocenters. The maximum absolute atomic E-state index is 11.4. The van der Waals surface area contributed by atoms with Crippen LogP contribution in [0.3, 0.4) is 0 Å². The second kappa shape index (κ2) is 3.80. The number of hydrogen-bond acceptors (Lipinski definition) is 2. The first-order chi connectivity index (χ1) is 6.79. The van der Waals surface area contributed by atoms with Crippen LogP contribution in [0, 0.1) is 0 Å². The van der Waals surface area contributed by atoms with Crippen LogP contribution in [0.5, 0.6) is 0 Å². The van der Waals surface area contributed by atoms with Crippen LogP contribution in [0.2, 0.25) is 0 Å². The molecule has 3 nitrogen and oxygen atoms in total. The van der Waals surface area contributed by atoms with Crippen LogP contribution >= 0.6 is 0 Å². The normalized spacial score (nSPS) is 22.5. The van der Waals surface area contributed by atoms with Crippen molar-refractivity contribution in [3.05, 3.63) is 35.9 Å². The van der Waals surface area contributed by atoms with Crippen LogP contribution in [-0.4, -0.2) is 30.9 Å². The predicted molar refractivity (Wildman–Crippen MR) is 54.8 cm³/mol. The Hall–Kier alpha value is -1.35. The second-order valence-corrected chi connectivity index (χ2v) is 3.56. The molecule has 1 amide bonds. The lowest BCUT2D eigenvalue weighted by Gasteiger charge is -2.33. The van der Waals surface area contributed by atoms with E-state index in [-0.39, 0.29) is 11.9 Å². The van der Waals surface area contributed by atoms with Crippen LogP contribution in [0.15, 0.2) is 30.3 Å². The van der Waals surface area contributed by atoms with Crippen molar-refractivity contribution in [2.24, 2.45) is 0 Å². The van der Waals surface area contributed by atoms with Gasteiger partial charge in [0.1, 0.15) is 0 Å². The number of carbonyl (C=O) groups is 1. The molecule has 1 N–H and O–H groups in total. The zero-order valence-electron chi connectivity index (χ0n) is 8.23. The van der Waals surface area contributed by atoms with Gasteiger partial charge in [-0.15, -0.1) is 0 Å². The number of likely N-dealkylation sites (N-methyl/N-ethyl adjacent to an activating group) is 1. The van der Waals surface area contributed by atoms with E-state index in [0.717, 1.165) is 6.54 Å². The first-order valence-electron chi connectivity index (χ1n) is 4.80. The summed E-state index contributed by atoms with van der Waals surface area (Å²) in [5, 5.41) is 3.12. The molecule has 1 heterocycles. The van der Waals surface area contributed by atoms with Crippen LogP contribution in [0.4, 0.5) is 0 Å². The van der Waals surface area contributed by atoms with Crippen molar-refractivity contribution in [2.45, 2.75) is 6.04 Å². The average Bonchev–Trinajstić information content (AvgIpc) is 2.23. The lowest BCUT2D eigenvalue weighted by atomic mass is 10.0. The van der Waals surface area contributed by atoms with Crippen LogP contribution in [0.25, 0.3) is 0 Å². The summed E-state index contributed by atoms with van der Waals surface area (Å²) in [7, 11) is 1.86. The highest BCUT2D eigenvalue weighted by Gasteiger charge is 2.25. The molecule has 0 radical (unpaired) electrons. The van der Waals surface area contributed by atoms with Gasteiger partial charge in [0.05, 0.1) is 12.6 Å². The predicted octanol–water partition coefficient (Wildman–Crippen LogP) is 0.789. The molecule has 74 valence electrons. The summed E-state index contributed by atoms with van der Waals surface area (Å²) >= 11 is 0. The molecule has 1 aromatic carbocycles. The monoisotopic (exact) mass is 190 g/mol. The molecule has 0 saturated carbocycles. The van der Waals surface area contributed by atoms with Crippen LogP contribution < -0.4 is 5.32 Å². The minimum atomic E-state index is 0.158. The lowest BCUT2D eigenvalue weighted by molar-refractivity contribution is -0.133. The molecule has 1 aromatic rings. The number of piperazine rings is 1. The fourth-order valence-corrected chi connectivity index (χ4v) is 1.77. The highest BCUT2D eigenvalue weighted by atomic mass is 16.2. The number of carbonyl (C=O) groups excluding carboxylic acids is 1. The smallest absolute Gasteiger partial charge is 0.236 e. The Morgan fingerprint density at radius 1 is 1.36 bits per heavy atom. The Balaban J connectivity index is 2.22. The Bertz CT molecular complexity index is 323. The SMILES string of the molecule is CN1C(=O)CNC[C@@H]1c1ccccc1. The minimum Gasteiger partial charge on any atom is -0.336 e. The topological polar surface area (TPSA) is 32.3 Å². The third-order valence-corrected chi connectivity index (χ3v) is 2.66. The summed E-state index contributed by atoms with van der Waals surface area (Å²) in [6.45, 7) is 1.30. The van der Waals surface area contributed by atoms with Gasteiger partial charge in [0.15, 0.2) is 0 Å². The molecule has 1 saturated heterocycles. The summed E-state index contributed by atoms with van der Waals surface area (Å²) in [4.78, 5) is 13.3. The Labute approximate surface area is 83.7 Å². The number of nitrogens with zero attached hydrogens (tertiary/aromatic N) is 1. The van der Waals surface area contributed by atoms with Crippen molar-refractivity contribution < 1.29 is 4.79 Å². The first kappa shape index (κ1) is 9.21. The second-order valence-electron chi connectivity index (χ2n) is 3.56. The summed E-state index contributed by atoms with van der Waals surface area (Å²) in [5.41, 5.74) is 1.19. The molecule has 0 spiro atoms. The van der Waals surface area contributed by atoms with Gasteiger partial charge in [-0.2, -0.15) is 0 Å². The number of amides is 1. The number of benzene rings is 1. The molecule has 2 rings (SSSR count). The molecule has 1 aliphatic rings. The Kier molecular flexibility index (Phi) is 2.50.